The highest BCUT2D eigenvalue weighted by atomic mass is 79.9. The zero-order valence-corrected chi connectivity index (χ0v) is 11.0. The first-order chi connectivity index (χ1) is 8.29. The maximum Gasteiger partial charge on any atom is 0.170 e. The van der Waals surface area contributed by atoms with Gasteiger partial charge in [0.05, 0.1) is 10.4 Å². The maximum atomic E-state index is 11.0. The molecule has 0 N–H and O–H groups in total. The molecule has 0 saturated heterocycles. The molecule has 0 radical (unpaired) electrons. The van der Waals surface area contributed by atoms with Crippen molar-refractivity contribution in [1.82, 2.24) is 9.38 Å². The van der Waals surface area contributed by atoms with Crippen molar-refractivity contribution in [2.75, 3.05) is 0 Å². The van der Waals surface area contributed by atoms with Crippen LogP contribution in [0.25, 0.3) is 16.2 Å². The third-order valence-electron chi connectivity index (χ3n) is 2.49. The summed E-state index contributed by atoms with van der Waals surface area (Å²) < 4.78 is 2.87. The quantitative estimate of drug-likeness (QED) is 0.677. The summed E-state index contributed by atoms with van der Waals surface area (Å²) in [6.07, 6.45) is 2.70. The molecule has 0 amide bonds. The number of rotatable bonds is 2. The minimum absolute atomic E-state index is 0.467. The van der Waals surface area contributed by atoms with Crippen LogP contribution in [0.4, 0.5) is 0 Å². The molecule has 3 rings (SSSR count). The molecule has 0 spiro atoms. The SMILES string of the molecule is O=Cc1nc(-c2cccs2)n2ccc(Br)cc12. The van der Waals surface area contributed by atoms with Crippen molar-refractivity contribution in [1.29, 1.82) is 0 Å². The van der Waals surface area contributed by atoms with Gasteiger partial charge in [-0.1, -0.05) is 22.0 Å². The summed E-state index contributed by atoms with van der Waals surface area (Å²) in [5, 5.41) is 2.00. The molecule has 0 bridgehead atoms. The van der Waals surface area contributed by atoms with Gasteiger partial charge in [0.1, 0.15) is 5.69 Å². The van der Waals surface area contributed by atoms with Gasteiger partial charge in [0, 0.05) is 10.7 Å². The van der Waals surface area contributed by atoms with Crippen LogP contribution in [0.5, 0.6) is 0 Å². The molecule has 0 saturated carbocycles. The summed E-state index contributed by atoms with van der Waals surface area (Å²) in [6, 6.07) is 7.80. The second-order valence-corrected chi connectivity index (χ2v) is 5.38. The summed E-state index contributed by atoms with van der Waals surface area (Å²) >= 11 is 5.01. The van der Waals surface area contributed by atoms with E-state index in [1.807, 2.05) is 40.2 Å². The van der Waals surface area contributed by atoms with E-state index in [0.717, 1.165) is 27.0 Å². The molecule has 3 nitrogen and oxygen atoms in total. The predicted octanol–water partition coefficient (Wildman–Crippen LogP) is 3.64. The Kier molecular flexibility index (Phi) is 2.57. The zero-order valence-electron chi connectivity index (χ0n) is 8.63. The number of carbonyl (C=O) groups excluding carboxylic acids is 1. The summed E-state index contributed by atoms with van der Waals surface area (Å²) in [6.45, 7) is 0. The molecule has 3 aromatic rings. The van der Waals surface area contributed by atoms with Crippen molar-refractivity contribution in [3.05, 3.63) is 46.0 Å². The van der Waals surface area contributed by atoms with Gasteiger partial charge in [0.25, 0.3) is 0 Å². The van der Waals surface area contributed by atoms with E-state index in [2.05, 4.69) is 20.9 Å². The topological polar surface area (TPSA) is 34.4 Å². The van der Waals surface area contributed by atoms with E-state index in [9.17, 15) is 4.79 Å². The third-order valence-corrected chi connectivity index (χ3v) is 3.85. The van der Waals surface area contributed by atoms with Crippen molar-refractivity contribution >= 4 is 39.1 Å². The molecule has 17 heavy (non-hydrogen) atoms. The second-order valence-electron chi connectivity index (χ2n) is 3.52. The smallest absolute Gasteiger partial charge is 0.170 e. The Morgan fingerprint density at radius 1 is 1.41 bits per heavy atom. The highest BCUT2D eigenvalue weighted by Gasteiger charge is 2.12. The summed E-state index contributed by atoms with van der Waals surface area (Å²) in [5.74, 6) is 0.810. The highest BCUT2D eigenvalue weighted by molar-refractivity contribution is 9.10. The average Bonchev–Trinajstić information content (AvgIpc) is 2.94. The molecule has 3 heterocycles. The van der Waals surface area contributed by atoms with E-state index in [1.165, 1.54) is 0 Å². The Morgan fingerprint density at radius 3 is 3.00 bits per heavy atom. The normalized spacial score (nSPS) is 10.9. The van der Waals surface area contributed by atoms with E-state index in [4.69, 9.17) is 0 Å². The van der Waals surface area contributed by atoms with Crippen LogP contribution in [-0.2, 0) is 0 Å². The van der Waals surface area contributed by atoms with E-state index >= 15 is 0 Å². The fraction of sp³-hybridized carbons (Fsp3) is 0. The number of nitrogens with zero attached hydrogens (tertiary/aromatic N) is 2. The van der Waals surface area contributed by atoms with E-state index in [0.29, 0.717) is 5.69 Å². The number of pyridine rings is 1. The number of hydrogen-bond donors (Lipinski definition) is 0. The largest absolute Gasteiger partial charge is 0.298 e. The lowest BCUT2D eigenvalue weighted by Crippen LogP contribution is -1.86. The van der Waals surface area contributed by atoms with E-state index in [1.54, 1.807) is 11.3 Å². The third kappa shape index (κ3) is 1.71. The van der Waals surface area contributed by atoms with Gasteiger partial charge in [-0.05, 0) is 23.6 Å². The van der Waals surface area contributed by atoms with Gasteiger partial charge in [-0.25, -0.2) is 4.98 Å². The first-order valence-electron chi connectivity index (χ1n) is 4.96. The second kappa shape index (κ2) is 4.09. The van der Waals surface area contributed by atoms with Crippen LogP contribution < -0.4 is 0 Å². The summed E-state index contributed by atoms with van der Waals surface area (Å²) in [7, 11) is 0. The number of fused-ring (bicyclic) bond motifs is 1. The standard InChI is InChI=1S/C12H7BrN2OS/c13-8-3-4-15-10(6-8)9(7-16)14-12(15)11-2-1-5-17-11/h1-7H. The Morgan fingerprint density at radius 2 is 2.29 bits per heavy atom. The molecule has 0 unspecified atom stereocenters. The Balaban J connectivity index is 2.37. The lowest BCUT2D eigenvalue weighted by molar-refractivity contribution is 0.112. The van der Waals surface area contributed by atoms with Crippen molar-refractivity contribution in [3.8, 4) is 10.7 Å². The maximum absolute atomic E-state index is 11.0. The molecular weight excluding hydrogens is 300 g/mol. The fourth-order valence-electron chi connectivity index (χ4n) is 1.75. The number of carbonyl (C=O) groups is 1. The molecule has 3 aromatic heterocycles. The Labute approximate surface area is 110 Å². The van der Waals surface area contributed by atoms with Gasteiger partial charge in [-0.3, -0.25) is 9.20 Å². The highest BCUT2D eigenvalue weighted by Crippen LogP contribution is 2.27. The lowest BCUT2D eigenvalue weighted by atomic mass is 10.3. The Hall–Kier alpha value is -1.46. The number of thiophene rings is 1. The first kappa shape index (κ1) is 10.7. The number of aromatic nitrogens is 2. The summed E-state index contributed by atoms with van der Waals surface area (Å²) in [4.78, 5) is 16.5. The van der Waals surface area contributed by atoms with Crippen LogP contribution in [0.2, 0.25) is 0 Å². The molecule has 0 aliphatic carbocycles. The van der Waals surface area contributed by atoms with Crippen LogP contribution in [0.3, 0.4) is 0 Å². The molecule has 0 aliphatic heterocycles. The number of imidazole rings is 1. The van der Waals surface area contributed by atoms with Crippen molar-refractivity contribution < 1.29 is 4.79 Å². The van der Waals surface area contributed by atoms with Crippen molar-refractivity contribution in [2.45, 2.75) is 0 Å². The van der Waals surface area contributed by atoms with Gasteiger partial charge < -0.3 is 0 Å². The van der Waals surface area contributed by atoms with Gasteiger partial charge in [-0.15, -0.1) is 11.3 Å². The molecule has 0 aromatic carbocycles. The van der Waals surface area contributed by atoms with Crippen LogP contribution in [0.1, 0.15) is 10.5 Å². The lowest BCUT2D eigenvalue weighted by Gasteiger charge is -1.98. The minimum atomic E-state index is 0.467. The van der Waals surface area contributed by atoms with Crippen LogP contribution in [0, 0.1) is 0 Å². The fourth-order valence-corrected chi connectivity index (χ4v) is 2.79. The number of halogens is 1. The van der Waals surface area contributed by atoms with Gasteiger partial charge in [0.15, 0.2) is 12.1 Å². The molecule has 0 fully saturated rings. The van der Waals surface area contributed by atoms with E-state index < -0.39 is 0 Å². The summed E-state index contributed by atoms with van der Waals surface area (Å²) in [5.41, 5.74) is 1.28. The first-order valence-corrected chi connectivity index (χ1v) is 6.63. The molecule has 0 aliphatic rings. The molecule has 0 atom stereocenters. The van der Waals surface area contributed by atoms with Gasteiger partial charge in [0.2, 0.25) is 0 Å². The van der Waals surface area contributed by atoms with Crippen molar-refractivity contribution in [3.63, 3.8) is 0 Å². The van der Waals surface area contributed by atoms with Crippen LogP contribution in [-0.4, -0.2) is 15.7 Å². The van der Waals surface area contributed by atoms with Gasteiger partial charge >= 0.3 is 0 Å². The van der Waals surface area contributed by atoms with Crippen molar-refractivity contribution in [2.24, 2.45) is 0 Å². The molecule has 84 valence electrons. The number of hydrogen-bond acceptors (Lipinski definition) is 3. The van der Waals surface area contributed by atoms with Gasteiger partial charge in [-0.2, -0.15) is 0 Å². The number of aldehydes is 1. The molecule has 5 heteroatoms. The molecular formula is C12H7BrN2OS. The van der Waals surface area contributed by atoms with Crippen LogP contribution >= 0.6 is 27.3 Å². The predicted molar refractivity (Wildman–Crippen MR) is 71.6 cm³/mol. The zero-order chi connectivity index (χ0) is 11.8. The Bertz CT molecular complexity index is 688. The van der Waals surface area contributed by atoms with Crippen LogP contribution in [0.15, 0.2) is 40.3 Å². The monoisotopic (exact) mass is 306 g/mol. The average molecular weight is 307 g/mol. The van der Waals surface area contributed by atoms with E-state index in [-0.39, 0.29) is 0 Å². The minimum Gasteiger partial charge on any atom is -0.298 e.